The number of aryl methyl sites for hydroxylation is 1. The molecular weight excluding hydrogens is 430 g/mol. The van der Waals surface area contributed by atoms with E-state index in [0.717, 1.165) is 36.4 Å². The van der Waals surface area contributed by atoms with Gasteiger partial charge in [-0.25, -0.2) is 9.50 Å². The van der Waals surface area contributed by atoms with Crippen LogP contribution in [-0.2, 0) is 20.5 Å². The summed E-state index contributed by atoms with van der Waals surface area (Å²) in [6.45, 7) is 8.10. The molecule has 3 aliphatic heterocycles. The number of hydrogen-bond acceptors (Lipinski definition) is 6. The third-order valence-corrected chi connectivity index (χ3v) is 8.29. The zero-order chi connectivity index (χ0) is 23.7. The van der Waals surface area contributed by atoms with Crippen LogP contribution in [-0.4, -0.2) is 57.5 Å². The van der Waals surface area contributed by atoms with E-state index in [4.69, 9.17) is 14.8 Å². The number of aliphatic hydroxyl groups is 1. The first-order valence-electron chi connectivity index (χ1n) is 12.0. The Balaban J connectivity index is 1.31. The molecule has 178 valence electrons. The summed E-state index contributed by atoms with van der Waals surface area (Å²) >= 11 is 0. The van der Waals surface area contributed by atoms with Gasteiger partial charge in [0.15, 0.2) is 11.5 Å². The maximum Gasteiger partial charge on any atom is 0.217 e. The van der Waals surface area contributed by atoms with Crippen LogP contribution >= 0.6 is 0 Å². The Hall–Kier alpha value is -2.97. The van der Waals surface area contributed by atoms with Gasteiger partial charge in [0.2, 0.25) is 5.91 Å². The molecule has 1 amide bonds. The maximum atomic E-state index is 11.7. The number of nitrogens with one attached hydrogen (secondary N) is 1. The van der Waals surface area contributed by atoms with Crippen molar-refractivity contribution in [3.8, 4) is 0 Å². The summed E-state index contributed by atoms with van der Waals surface area (Å²) in [5.41, 5.74) is 3.17. The lowest BCUT2D eigenvalue weighted by atomic mass is 9.58. The molecule has 4 aliphatic rings. The molecule has 0 radical (unpaired) electrons. The van der Waals surface area contributed by atoms with Crippen molar-refractivity contribution < 1.29 is 14.6 Å². The fourth-order valence-electron chi connectivity index (χ4n) is 6.47. The number of carbonyl (C=O) groups is 1. The molecule has 2 bridgehead atoms. The van der Waals surface area contributed by atoms with Crippen molar-refractivity contribution in [3.63, 3.8) is 0 Å². The Morgan fingerprint density at radius 2 is 2.12 bits per heavy atom. The molecule has 4 atom stereocenters. The first kappa shape index (κ1) is 21.6. The highest BCUT2D eigenvalue weighted by Crippen LogP contribution is 2.61. The van der Waals surface area contributed by atoms with Crippen LogP contribution in [0.25, 0.3) is 5.65 Å². The van der Waals surface area contributed by atoms with Crippen molar-refractivity contribution in [1.82, 2.24) is 19.9 Å². The SMILES string of the molecule is CC(=O)N[C@]12CO[C@](c3nc4c(C)cc(N5CC[C@](C)(c6ccccc6)C5)cn4n3)(C1)[C@H]2CO. The minimum atomic E-state index is -0.755. The van der Waals surface area contributed by atoms with Crippen LogP contribution < -0.4 is 10.2 Å². The third-order valence-electron chi connectivity index (χ3n) is 8.29. The molecule has 1 aromatic carbocycles. The van der Waals surface area contributed by atoms with Gasteiger partial charge in [-0.1, -0.05) is 37.3 Å². The Bertz CT molecular complexity index is 1280. The summed E-state index contributed by atoms with van der Waals surface area (Å²) in [6, 6.07) is 12.9. The number of benzene rings is 1. The lowest BCUT2D eigenvalue weighted by Crippen LogP contribution is -2.67. The predicted molar refractivity (Wildman–Crippen MR) is 128 cm³/mol. The zero-order valence-corrected chi connectivity index (χ0v) is 19.9. The minimum absolute atomic E-state index is 0.0914. The van der Waals surface area contributed by atoms with Crippen molar-refractivity contribution in [3.05, 3.63) is 59.5 Å². The second-order valence-electron chi connectivity index (χ2n) is 10.6. The van der Waals surface area contributed by atoms with Gasteiger partial charge >= 0.3 is 0 Å². The Kier molecular flexibility index (Phi) is 4.60. The van der Waals surface area contributed by atoms with E-state index >= 15 is 0 Å². The maximum absolute atomic E-state index is 11.7. The average Bonchev–Trinajstić information content (AvgIpc) is 3.55. The lowest BCUT2D eigenvalue weighted by Gasteiger charge is -2.50. The highest BCUT2D eigenvalue weighted by atomic mass is 16.5. The highest BCUT2D eigenvalue weighted by molar-refractivity contribution is 5.74. The van der Waals surface area contributed by atoms with E-state index in [1.807, 2.05) is 4.52 Å². The summed E-state index contributed by atoms with van der Waals surface area (Å²) in [4.78, 5) is 19.0. The number of fused-ring (bicyclic) bond motifs is 2. The first-order chi connectivity index (χ1) is 16.3. The van der Waals surface area contributed by atoms with Crippen molar-refractivity contribution >= 4 is 17.2 Å². The number of anilines is 1. The number of rotatable bonds is 5. The number of pyridine rings is 1. The molecule has 2 N–H and O–H groups in total. The number of carbonyl (C=O) groups excluding carboxylic acids is 1. The van der Waals surface area contributed by atoms with E-state index in [9.17, 15) is 9.90 Å². The molecule has 7 rings (SSSR count). The van der Waals surface area contributed by atoms with E-state index in [-0.39, 0.29) is 23.8 Å². The zero-order valence-electron chi connectivity index (χ0n) is 19.9. The predicted octanol–water partition coefficient (Wildman–Crippen LogP) is 2.32. The van der Waals surface area contributed by atoms with Crippen LogP contribution in [0.2, 0.25) is 0 Å². The van der Waals surface area contributed by atoms with Gasteiger partial charge in [0.05, 0.1) is 30.6 Å². The number of aliphatic hydroxyl groups excluding tert-OH is 1. The summed E-state index contributed by atoms with van der Waals surface area (Å²) in [5.74, 6) is 0.209. The second-order valence-corrected chi connectivity index (χ2v) is 10.6. The van der Waals surface area contributed by atoms with Crippen molar-refractivity contribution in [2.75, 3.05) is 31.2 Å². The van der Waals surface area contributed by atoms with Gasteiger partial charge in [0.1, 0.15) is 5.60 Å². The molecule has 3 aromatic rings. The normalized spacial score (nSPS) is 32.2. The van der Waals surface area contributed by atoms with Crippen LogP contribution in [0.4, 0.5) is 5.69 Å². The standard InChI is InChI=1S/C26H31N5O3/c1-17-11-20(30-10-9-24(3,15-30)19-7-5-4-6-8-19)12-31-22(17)27-23(29-31)26-14-25(16-34-26,21(26)13-32)28-18(2)33/h4-8,11-12,21,32H,9-10,13-16H2,1-3H3,(H,28,33)/t21-,24-,25-,26+/m0/s1. The van der Waals surface area contributed by atoms with Crippen LogP contribution in [0.3, 0.4) is 0 Å². The first-order valence-corrected chi connectivity index (χ1v) is 12.0. The molecule has 4 fully saturated rings. The van der Waals surface area contributed by atoms with Gasteiger partial charge in [-0.2, -0.15) is 0 Å². The molecule has 8 heteroatoms. The number of aromatic nitrogens is 3. The molecule has 2 aromatic heterocycles. The van der Waals surface area contributed by atoms with E-state index in [1.165, 1.54) is 12.5 Å². The van der Waals surface area contributed by atoms with Gasteiger partial charge < -0.3 is 20.1 Å². The molecule has 5 heterocycles. The number of nitrogens with zero attached hydrogens (tertiary/aromatic N) is 4. The van der Waals surface area contributed by atoms with Gasteiger partial charge in [-0.05, 0) is 30.5 Å². The monoisotopic (exact) mass is 461 g/mol. The van der Waals surface area contributed by atoms with E-state index in [2.05, 4.69) is 66.7 Å². The van der Waals surface area contributed by atoms with Crippen LogP contribution in [0.5, 0.6) is 0 Å². The Labute approximate surface area is 198 Å². The molecule has 0 spiro atoms. The largest absolute Gasteiger partial charge is 0.396 e. The molecule has 1 aliphatic carbocycles. The van der Waals surface area contributed by atoms with Gasteiger partial charge in [-0.15, -0.1) is 5.10 Å². The molecule has 1 saturated carbocycles. The molecule has 34 heavy (non-hydrogen) atoms. The van der Waals surface area contributed by atoms with E-state index in [0.29, 0.717) is 18.9 Å². The fourth-order valence-corrected chi connectivity index (χ4v) is 6.47. The summed E-state index contributed by atoms with van der Waals surface area (Å²) in [5, 5.41) is 18.0. The van der Waals surface area contributed by atoms with Gasteiger partial charge in [0, 0.05) is 37.8 Å². The quantitative estimate of drug-likeness (QED) is 0.606. The topological polar surface area (TPSA) is 92.0 Å². The van der Waals surface area contributed by atoms with Gasteiger partial charge in [0.25, 0.3) is 0 Å². The number of amides is 1. The summed E-state index contributed by atoms with van der Waals surface area (Å²) < 4.78 is 8.01. The van der Waals surface area contributed by atoms with Gasteiger partial charge in [-0.3, -0.25) is 4.79 Å². The lowest BCUT2D eigenvalue weighted by molar-refractivity contribution is -0.128. The van der Waals surface area contributed by atoms with E-state index in [1.54, 1.807) is 0 Å². The van der Waals surface area contributed by atoms with Crippen molar-refractivity contribution in [1.29, 1.82) is 0 Å². The average molecular weight is 462 g/mol. The second kappa shape index (κ2) is 7.26. The third kappa shape index (κ3) is 2.94. The smallest absolute Gasteiger partial charge is 0.217 e. The fraction of sp³-hybridized carbons (Fsp3) is 0.500. The summed E-state index contributed by atoms with van der Waals surface area (Å²) in [6.07, 6.45) is 3.72. The number of ether oxygens (including phenoxy) is 1. The Morgan fingerprint density at radius 1 is 1.32 bits per heavy atom. The molecule has 3 saturated heterocycles. The minimum Gasteiger partial charge on any atom is -0.396 e. The van der Waals surface area contributed by atoms with E-state index < -0.39 is 11.1 Å². The molecule has 8 nitrogen and oxygen atoms in total. The number of hydrogen-bond donors (Lipinski definition) is 2. The van der Waals surface area contributed by atoms with Crippen LogP contribution in [0, 0.1) is 12.8 Å². The Morgan fingerprint density at radius 3 is 2.85 bits per heavy atom. The summed E-state index contributed by atoms with van der Waals surface area (Å²) in [7, 11) is 0. The molecular formula is C26H31N5O3. The highest BCUT2D eigenvalue weighted by Gasteiger charge is 2.73. The van der Waals surface area contributed by atoms with Crippen molar-refractivity contribution in [2.45, 2.75) is 50.2 Å². The van der Waals surface area contributed by atoms with Crippen molar-refractivity contribution in [2.24, 2.45) is 5.92 Å². The molecule has 0 unspecified atom stereocenters. The van der Waals surface area contributed by atoms with Crippen LogP contribution in [0.15, 0.2) is 42.6 Å². The van der Waals surface area contributed by atoms with Crippen LogP contribution in [0.1, 0.15) is 43.6 Å².